The average molecular weight is 921 g/mol. The Kier molecular flexibility index (Phi) is 16.2. The molecule has 5 amide bonds. The van der Waals surface area contributed by atoms with Crippen molar-refractivity contribution >= 4 is 52.9 Å². The summed E-state index contributed by atoms with van der Waals surface area (Å²) in [5.41, 5.74) is 8.32. The number of benzene rings is 2. The zero-order valence-corrected chi connectivity index (χ0v) is 40.3. The molecule has 6 bridgehead atoms. The quantitative estimate of drug-likeness (QED) is 0.123. The molecule has 0 spiro atoms. The number of aromatic hydroxyl groups is 1. The number of rotatable bonds is 11. The maximum absolute atomic E-state index is 14.7. The van der Waals surface area contributed by atoms with Crippen LogP contribution in [0.2, 0.25) is 0 Å². The summed E-state index contributed by atoms with van der Waals surface area (Å²) in [6, 6.07) is 8.00. The number of allylic oxidation sites excluding steroid dienone is 1. The number of hydrogen-bond donors (Lipinski definition) is 3. The van der Waals surface area contributed by atoms with Gasteiger partial charge in [-0.05, 0) is 97.7 Å². The van der Waals surface area contributed by atoms with Crippen molar-refractivity contribution in [3.05, 3.63) is 84.2 Å². The first kappa shape index (κ1) is 50.2. The van der Waals surface area contributed by atoms with Crippen LogP contribution in [0.3, 0.4) is 0 Å². The van der Waals surface area contributed by atoms with Gasteiger partial charge in [-0.25, -0.2) is 10.2 Å². The Hall–Kier alpha value is -6.26. The van der Waals surface area contributed by atoms with E-state index >= 15 is 0 Å². The fraction of sp³-hybridized carbons (Fsp3) is 0.490. The van der Waals surface area contributed by atoms with Gasteiger partial charge >= 0.3 is 12.0 Å². The van der Waals surface area contributed by atoms with Crippen LogP contribution >= 0.6 is 0 Å². The Morgan fingerprint density at radius 2 is 1.76 bits per heavy atom. The number of hydrogen-bond acceptors (Lipinski definition) is 10. The zero-order chi connectivity index (χ0) is 48.7. The largest absolute Gasteiger partial charge is 0.508 e. The van der Waals surface area contributed by atoms with Crippen LogP contribution in [0.15, 0.2) is 72.4 Å². The number of aromatic nitrogens is 1. The lowest BCUT2D eigenvalue weighted by molar-refractivity contribution is -0.155. The van der Waals surface area contributed by atoms with Crippen molar-refractivity contribution < 1.29 is 38.6 Å². The summed E-state index contributed by atoms with van der Waals surface area (Å²) >= 11 is 0. The number of likely N-dealkylation sites (N-methyl/N-ethyl adjacent to an activating group) is 1. The number of ether oxygens (including phenoxy) is 2. The highest BCUT2D eigenvalue weighted by molar-refractivity contribution is 5.94. The SMILES string of the molecule is C=CC=N/C(=C/c1c2c3cc(ccc3n1CC)-c1cc(O)cc(c1)C[C@H](NC(=O)[C@H](C(C)C)N(C)C(=O)N1CCN(C(=O)C=C)CC1)C(=O)N1CCC[C@H](N1)C(=O)OCC(C)(C)C2)[C@H](C)OC. The number of urea groups is 1. The third-order valence-electron chi connectivity index (χ3n) is 12.9. The highest BCUT2D eigenvalue weighted by Gasteiger charge is 2.39. The second-order valence-electron chi connectivity index (χ2n) is 18.8. The number of aliphatic imine (C=N–C) groups is 1. The average Bonchev–Trinajstić information content (AvgIpc) is 3.60. The number of methoxy groups -OCH3 is 1. The molecule has 3 N–H and O–H groups in total. The number of carbonyl (C=O) groups excluding carboxylic acids is 5. The topological polar surface area (TPSA) is 178 Å². The van der Waals surface area contributed by atoms with Gasteiger partial charge in [0.25, 0.3) is 5.91 Å². The van der Waals surface area contributed by atoms with E-state index in [-0.39, 0.29) is 62.4 Å². The normalized spacial score (nSPS) is 20.3. The molecule has 6 rings (SSSR count). The lowest BCUT2D eigenvalue weighted by atomic mass is 9.85. The summed E-state index contributed by atoms with van der Waals surface area (Å²) in [6.07, 6.45) is 7.67. The Morgan fingerprint density at radius 3 is 2.42 bits per heavy atom. The molecule has 4 heterocycles. The minimum Gasteiger partial charge on any atom is -0.508 e. The van der Waals surface area contributed by atoms with Gasteiger partial charge in [0.15, 0.2) is 0 Å². The number of esters is 1. The number of nitrogens with one attached hydrogen (secondary N) is 2. The van der Waals surface area contributed by atoms with Crippen LogP contribution in [0, 0.1) is 11.3 Å². The van der Waals surface area contributed by atoms with Gasteiger partial charge in [0.2, 0.25) is 11.8 Å². The summed E-state index contributed by atoms with van der Waals surface area (Å²) in [4.78, 5) is 78.5. The van der Waals surface area contributed by atoms with E-state index in [2.05, 4.69) is 66.4 Å². The number of cyclic esters (lactones) is 1. The minimum absolute atomic E-state index is 0.0183. The van der Waals surface area contributed by atoms with Gasteiger partial charge in [-0.2, -0.15) is 0 Å². The van der Waals surface area contributed by atoms with Crippen molar-refractivity contribution in [2.45, 2.75) is 98.0 Å². The number of phenols is 1. The molecule has 2 saturated heterocycles. The molecular formula is C51H68N8O8. The first-order valence-electron chi connectivity index (χ1n) is 23.3. The molecule has 3 aliphatic heterocycles. The van der Waals surface area contributed by atoms with E-state index in [1.54, 1.807) is 48.4 Å². The molecule has 1 aromatic heterocycles. The number of carbonyl (C=O) groups is 5. The van der Waals surface area contributed by atoms with Crippen molar-refractivity contribution in [2.24, 2.45) is 16.3 Å². The van der Waals surface area contributed by atoms with Gasteiger partial charge in [-0.1, -0.05) is 59.1 Å². The molecule has 0 radical (unpaired) electrons. The van der Waals surface area contributed by atoms with Crippen molar-refractivity contribution in [1.29, 1.82) is 0 Å². The second-order valence-corrected chi connectivity index (χ2v) is 18.8. The first-order valence-corrected chi connectivity index (χ1v) is 23.3. The maximum Gasteiger partial charge on any atom is 0.324 e. The number of phenolic OH excluding ortho intramolecular Hbond substituents is 1. The lowest BCUT2D eigenvalue weighted by Crippen LogP contribution is -2.63. The van der Waals surface area contributed by atoms with Crippen LogP contribution in [0.1, 0.15) is 71.2 Å². The molecule has 2 fully saturated rings. The summed E-state index contributed by atoms with van der Waals surface area (Å²) in [7, 11) is 3.21. The van der Waals surface area contributed by atoms with E-state index in [1.165, 1.54) is 16.0 Å². The Balaban J connectivity index is 1.42. The van der Waals surface area contributed by atoms with Crippen molar-refractivity contribution in [2.75, 3.05) is 53.5 Å². The lowest BCUT2D eigenvalue weighted by Gasteiger charge is -2.39. The molecule has 360 valence electrons. The molecule has 3 aromatic rings. The third-order valence-corrected chi connectivity index (χ3v) is 12.9. The van der Waals surface area contributed by atoms with Gasteiger partial charge in [0.1, 0.15) is 23.9 Å². The molecular weight excluding hydrogens is 853 g/mol. The first-order chi connectivity index (χ1) is 31.9. The van der Waals surface area contributed by atoms with E-state index in [0.717, 1.165) is 27.7 Å². The van der Waals surface area contributed by atoms with E-state index in [1.807, 2.05) is 39.0 Å². The predicted molar refractivity (Wildman–Crippen MR) is 260 cm³/mol. The fourth-order valence-corrected chi connectivity index (χ4v) is 9.34. The van der Waals surface area contributed by atoms with Crippen LogP contribution in [0.4, 0.5) is 4.79 Å². The summed E-state index contributed by atoms with van der Waals surface area (Å²) in [5, 5.41) is 16.6. The van der Waals surface area contributed by atoms with Gasteiger partial charge in [0.05, 0.1) is 18.4 Å². The van der Waals surface area contributed by atoms with Gasteiger partial charge in [0, 0.05) is 88.1 Å². The number of piperazine rings is 1. The van der Waals surface area contributed by atoms with Gasteiger partial charge < -0.3 is 39.2 Å². The maximum atomic E-state index is 14.7. The van der Waals surface area contributed by atoms with E-state index in [9.17, 15) is 29.1 Å². The molecule has 0 aliphatic carbocycles. The van der Waals surface area contributed by atoms with Crippen molar-refractivity contribution in [1.82, 2.24) is 35.0 Å². The molecule has 4 atom stereocenters. The number of nitrogens with zero attached hydrogens (tertiary/aromatic N) is 6. The monoisotopic (exact) mass is 921 g/mol. The number of aryl methyl sites for hydroxylation is 1. The van der Waals surface area contributed by atoms with Crippen LogP contribution < -0.4 is 10.7 Å². The number of hydrazine groups is 1. The van der Waals surface area contributed by atoms with Gasteiger partial charge in [-0.15, -0.1) is 0 Å². The Labute approximate surface area is 394 Å². The predicted octanol–water partition coefficient (Wildman–Crippen LogP) is 5.72. The molecule has 16 nitrogen and oxygen atoms in total. The summed E-state index contributed by atoms with van der Waals surface area (Å²) in [6.45, 7) is 21.4. The molecule has 3 aliphatic rings. The zero-order valence-electron chi connectivity index (χ0n) is 40.3. The number of fused-ring (bicyclic) bond motifs is 6. The molecule has 16 heteroatoms. The van der Waals surface area contributed by atoms with Crippen LogP contribution in [0.25, 0.3) is 28.1 Å². The molecule has 0 saturated carbocycles. The highest BCUT2D eigenvalue weighted by Crippen LogP contribution is 2.38. The smallest absolute Gasteiger partial charge is 0.324 e. The van der Waals surface area contributed by atoms with Crippen molar-refractivity contribution in [3.63, 3.8) is 0 Å². The standard InChI is InChI=1S/C51H68N8O8/c1-11-18-52-41(33(6)66-10)29-44-39-30-51(7,8)31-67-49(64)40-15-14-19-59(54-40)48(63)42(26-34-24-36(27-37(60)25-34)35-16-17-43(38(39)28-35)58(44)13-3)53-47(62)46(32(4)5)55(9)50(65)57-22-20-56(21-23-57)45(61)12-2/h11-12,16-18,24-25,27-29,32-33,40,42,46,54,60H,1-2,13-15,19-23,26,30-31H2,3-10H3,(H,53,62)/b41-29+,52-18?/t33-,40-,42-,46-/m0/s1. The molecule has 67 heavy (non-hydrogen) atoms. The second kappa shape index (κ2) is 21.6. The highest BCUT2D eigenvalue weighted by atomic mass is 16.5. The Morgan fingerprint density at radius 1 is 1.04 bits per heavy atom. The van der Waals surface area contributed by atoms with Gasteiger partial charge in [-0.3, -0.25) is 29.2 Å². The van der Waals surface area contributed by atoms with E-state index in [0.29, 0.717) is 55.7 Å². The molecule has 2 aromatic carbocycles. The van der Waals surface area contributed by atoms with Crippen LogP contribution in [0.5, 0.6) is 5.75 Å². The van der Waals surface area contributed by atoms with E-state index < -0.39 is 41.3 Å². The third kappa shape index (κ3) is 11.5. The summed E-state index contributed by atoms with van der Waals surface area (Å²) < 4.78 is 14.0. The van der Waals surface area contributed by atoms with Crippen molar-refractivity contribution in [3.8, 4) is 16.9 Å². The Bertz CT molecular complexity index is 2430. The van der Waals surface area contributed by atoms with E-state index in [4.69, 9.17) is 9.47 Å². The minimum atomic E-state index is -1.17. The molecule has 0 unspecified atom stereocenters. The van der Waals surface area contributed by atoms with Crippen LogP contribution in [-0.2, 0) is 48.0 Å². The summed E-state index contributed by atoms with van der Waals surface area (Å²) in [5.74, 6) is -2.10. The number of amides is 5. The fourth-order valence-electron chi connectivity index (χ4n) is 9.34. The van der Waals surface area contributed by atoms with Crippen LogP contribution in [-0.4, -0.2) is 143 Å².